The molecule has 0 radical (unpaired) electrons. The number of oxazole rings is 1. The van der Waals surface area contributed by atoms with E-state index in [0.717, 1.165) is 31.6 Å². The van der Waals surface area contributed by atoms with Crippen molar-refractivity contribution >= 4 is 68.3 Å². The molecule has 0 amide bonds. The van der Waals surface area contributed by atoms with Crippen molar-refractivity contribution in [3.63, 3.8) is 0 Å². The number of aromatic nitrogens is 1. The number of benzene rings is 3. The average molecular weight is 965 g/mol. The molecule has 0 fully saturated rings. The first kappa shape index (κ1) is 49.3. The molecule has 0 bridgehead atoms. The van der Waals surface area contributed by atoms with Crippen molar-refractivity contribution in [1.82, 2.24) is 4.98 Å². The summed E-state index contributed by atoms with van der Waals surface area (Å²) in [7, 11) is -8.84. The minimum absolute atomic E-state index is 0.0437. The monoisotopic (exact) mass is 962 g/mol. The van der Waals surface area contributed by atoms with Crippen molar-refractivity contribution < 1.29 is 40.3 Å². The number of rotatable bonds is 28. The van der Waals surface area contributed by atoms with E-state index < -0.39 is 28.7 Å². The molecule has 1 unspecified atom stereocenters. The van der Waals surface area contributed by atoms with Crippen molar-refractivity contribution in [2.24, 2.45) is 0 Å². The van der Waals surface area contributed by atoms with Gasteiger partial charge in [0.1, 0.15) is 0 Å². The molecule has 0 aliphatic rings. The minimum Gasteiger partial charge on any atom is -0.423 e. The SMILES string of the molecule is CCCCCCCCCCCCCCCCOCCCOP(=O)(O)C(F)(F)c1ccc(CN(c2ccc(Cl)c(Cl)c2)c2ncc(-c3ccc(S(C)(=O)=O)cc3)o2)cc1Br. The molecular weight excluding hydrogens is 908 g/mol. The van der Waals surface area contributed by atoms with Crippen molar-refractivity contribution in [2.75, 3.05) is 31.0 Å². The third-order valence-electron chi connectivity index (χ3n) is 9.90. The second-order valence-electron chi connectivity index (χ2n) is 14.8. The third-order valence-corrected chi connectivity index (χ3v) is 13.9. The maximum atomic E-state index is 15.6. The first-order valence-electron chi connectivity index (χ1n) is 20.3. The van der Waals surface area contributed by atoms with Crippen LogP contribution in [0.4, 0.5) is 20.5 Å². The summed E-state index contributed by atoms with van der Waals surface area (Å²) in [5.41, 5.74) is -3.33. The summed E-state index contributed by atoms with van der Waals surface area (Å²) in [5.74, 6) is 0.344. The van der Waals surface area contributed by atoms with Gasteiger partial charge in [-0.15, -0.1) is 0 Å². The van der Waals surface area contributed by atoms with E-state index in [0.29, 0.717) is 34.2 Å². The number of ether oxygens (including phenoxy) is 1. The molecule has 0 saturated heterocycles. The van der Waals surface area contributed by atoms with Crippen molar-refractivity contribution in [3.8, 4) is 11.3 Å². The van der Waals surface area contributed by atoms with Gasteiger partial charge in [0.2, 0.25) is 0 Å². The summed E-state index contributed by atoms with van der Waals surface area (Å²) in [5, 5.41) is 0.566. The smallest absolute Gasteiger partial charge is 0.401 e. The van der Waals surface area contributed by atoms with E-state index in [-0.39, 0.29) is 46.6 Å². The van der Waals surface area contributed by atoms with Gasteiger partial charge in [0.15, 0.2) is 15.6 Å². The number of nitrogens with zero attached hydrogens (tertiary/aromatic N) is 2. The fourth-order valence-electron chi connectivity index (χ4n) is 6.48. The van der Waals surface area contributed by atoms with Crippen LogP contribution in [0.1, 0.15) is 114 Å². The van der Waals surface area contributed by atoms with Crippen LogP contribution in [0.3, 0.4) is 0 Å². The van der Waals surface area contributed by atoms with Gasteiger partial charge in [-0.1, -0.05) is 142 Å². The minimum atomic E-state index is -5.44. The van der Waals surface area contributed by atoms with Gasteiger partial charge < -0.3 is 18.6 Å². The Morgan fingerprint density at radius 1 is 0.814 bits per heavy atom. The number of hydrogen-bond acceptors (Lipinski definition) is 8. The molecule has 1 heterocycles. The third kappa shape index (κ3) is 15.5. The molecule has 16 heteroatoms. The molecule has 0 aliphatic heterocycles. The summed E-state index contributed by atoms with van der Waals surface area (Å²) in [6.07, 6.45) is 20.5. The maximum Gasteiger partial charge on any atom is 0.401 e. The highest BCUT2D eigenvalue weighted by atomic mass is 79.9. The Labute approximate surface area is 366 Å². The van der Waals surface area contributed by atoms with E-state index in [2.05, 4.69) is 27.8 Å². The van der Waals surface area contributed by atoms with Crippen molar-refractivity contribution in [3.05, 3.63) is 92.5 Å². The molecule has 0 saturated carbocycles. The number of halogens is 5. The first-order chi connectivity index (χ1) is 28.1. The van der Waals surface area contributed by atoms with Crippen LogP contribution in [0, 0.1) is 0 Å². The molecule has 0 spiro atoms. The van der Waals surface area contributed by atoms with Crippen LogP contribution in [0.15, 0.2) is 80.6 Å². The lowest BCUT2D eigenvalue weighted by molar-refractivity contribution is 0.0410. The quantitative estimate of drug-likeness (QED) is 0.0438. The van der Waals surface area contributed by atoms with Gasteiger partial charge in [-0.25, -0.2) is 13.4 Å². The summed E-state index contributed by atoms with van der Waals surface area (Å²) in [4.78, 5) is 16.6. The van der Waals surface area contributed by atoms with Gasteiger partial charge in [0.25, 0.3) is 0 Å². The van der Waals surface area contributed by atoms with Gasteiger partial charge in [-0.3, -0.25) is 9.46 Å². The Morgan fingerprint density at radius 3 is 1.98 bits per heavy atom. The van der Waals surface area contributed by atoms with E-state index >= 15 is 8.78 Å². The first-order valence-corrected chi connectivity index (χ1v) is 25.4. The van der Waals surface area contributed by atoms with Crippen LogP contribution in [0.5, 0.6) is 0 Å². The fourth-order valence-corrected chi connectivity index (χ4v) is 9.27. The molecule has 4 aromatic rings. The lowest BCUT2D eigenvalue weighted by atomic mass is 10.0. The molecule has 0 aliphatic carbocycles. The number of anilines is 2. The second kappa shape index (κ2) is 24.3. The average Bonchev–Trinajstić information content (AvgIpc) is 3.69. The van der Waals surface area contributed by atoms with Crippen LogP contribution in [0.2, 0.25) is 10.0 Å². The normalized spacial score (nSPS) is 13.2. The lowest BCUT2D eigenvalue weighted by Gasteiger charge is -2.25. The van der Waals surface area contributed by atoms with E-state index in [1.807, 2.05) is 0 Å². The Hall–Kier alpha value is -2.35. The fraction of sp³-hybridized carbons (Fsp3) is 0.512. The number of unbranched alkanes of at least 4 members (excludes halogenated alkanes) is 13. The molecule has 4 rings (SSSR count). The summed E-state index contributed by atoms with van der Waals surface area (Å²) in [6.45, 7) is 2.71. The Kier molecular flexibility index (Phi) is 20.3. The molecule has 59 heavy (non-hydrogen) atoms. The van der Waals surface area contributed by atoms with E-state index in [1.54, 1.807) is 35.2 Å². The highest BCUT2D eigenvalue weighted by Gasteiger charge is 2.53. The molecule has 1 atom stereocenters. The zero-order valence-corrected chi connectivity index (χ0v) is 38.6. The van der Waals surface area contributed by atoms with Gasteiger partial charge in [0, 0.05) is 40.8 Å². The summed E-state index contributed by atoms with van der Waals surface area (Å²) >= 11 is 15.7. The van der Waals surface area contributed by atoms with E-state index in [1.165, 1.54) is 101 Å². The molecular formula is C43H56BrCl2F2N2O7PS. The van der Waals surface area contributed by atoms with Gasteiger partial charge in [-0.2, -0.15) is 8.78 Å². The summed E-state index contributed by atoms with van der Waals surface area (Å²) < 4.78 is 84.4. The molecule has 326 valence electrons. The van der Waals surface area contributed by atoms with Gasteiger partial charge in [-0.05, 0) is 66.9 Å². The van der Waals surface area contributed by atoms with Gasteiger partial charge >= 0.3 is 19.3 Å². The van der Waals surface area contributed by atoms with Crippen LogP contribution < -0.4 is 4.90 Å². The zero-order chi connectivity index (χ0) is 42.9. The van der Waals surface area contributed by atoms with E-state index in [9.17, 15) is 17.9 Å². The lowest BCUT2D eigenvalue weighted by Crippen LogP contribution is -2.19. The Bertz CT molecular complexity index is 2060. The number of hydrogen-bond donors (Lipinski definition) is 1. The van der Waals surface area contributed by atoms with Crippen molar-refractivity contribution in [2.45, 2.75) is 120 Å². The molecule has 1 N–H and O–H groups in total. The zero-order valence-electron chi connectivity index (χ0n) is 33.8. The number of alkyl halides is 2. The standard InChI is InChI=1S/C43H56BrCl2F2N2O7PS/c1-3-4-5-6-7-8-9-10-11-12-13-14-15-16-26-55-27-17-28-56-58(51,52)43(47,48)37-24-18-33(29-38(37)44)32-50(35-21-25-39(45)40(46)30-35)42-49-31-41(57-42)34-19-22-36(23-20-34)59(2,53)54/h18-25,29-31H,3-17,26-28,32H2,1-2H3,(H,51,52). The van der Waals surface area contributed by atoms with Crippen LogP contribution in [0.25, 0.3) is 11.3 Å². The second-order valence-corrected chi connectivity index (χ2v) is 20.3. The molecule has 9 nitrogen and oxygen atoms in total. The van der Waals surface area contributed by atoms with E-state index in [4.69, 9.17) is 36.9 Å². The molecule has 3 aromatic carbocycles. The maximum absolute atomic E-state index is 15.6. The van der Waals surface area contributed by atoms with Crippen LogP contribution >= 0.6 is 46.7 Å². The molecule has 1 aromatic heterocycles. The Morgan fingerprint density at radius 2 is 1.41 bits per heavy atom. The van der Waals surface area contributed by atoms with Crippen LogP contribution in [-0.4, -0.2) is 44.4 Å². The topological polar surface area (TPSA) is 119 Å². The predicted octanol–water partition coefficient (Wildman–Crippen LogP) is 14.3. The largest absolute Gasteiger partial charge is 0.423 e. The highest BCUT2D eigenvalue weighted by Crippen LogP contribution is 2.64. The highest BCUT2D eigenvalue weighted by molar-refractivity contribution is 9.10. The Balaban J connectivity index is 1.25. The summed E-state index contributed by atoms with van der Waals surface area (Å²) in [6, 6.07) is 15.0. The predicted molar refractivity (Wildman–Crippen MR) is 237 cm³/mol. The van der Waals surface area contributed by atoms with Crippen molar-refractivity contribution in [1.29, 1.82) is 0 Å². The van der Waals surface area contributed by atoms with Crippen LogP contribution in [-0.2, 0) is 35.9 Å². The van der Waals surface area contributed by atoms with Gasteiger partial charge in [0.05, 0.1) is 34.3 Å². The number of sulfone groups is 1.